The number of hydrogen-bond donors (Lipinski definition) is 1. The smallest absolute Gasteiger partial charge is 0.263 e. The van der Waals surface area contributed by atoms with Crippen LogP contribution in [0.25, 0.3) is 22.2 Å². The number of aromatic nitrogens is 4. The summed E-state index contributed by atoms with van der Waals surface area (Å²) in [7, 11) is -3.78. The molecular formula is C33H34N6O3S. The number of sulfonamides is 1. The van der Waals surface area contributed by atoms with Gasteiger partial charge in [-0.15, -0.1) is 0 Å². The summed E-state index contributed by atoms with van der Waals surface area (Å²) in [6, 6.07) is 26.1. The minimum absolute atomic E-state index is 0.130. The van der Waals surface area contributed by atoms with Crippen LogP contribution >= 0.6 is 0 Å². The second-order valence-corrected chi connectivity index (χ2v) is 12.6. The molecular weight excluding hydrogens is 560 g/mol. The fraction of sp³-hybridized carbons (Fsp3) is 0.273. The van der Waals surface area contributed by atoms with Crippen molar-refractivity contribution in [3.05, 3.63) is 103 Å². The Hall–Kier alpha value is -4.57. The van der Waals surface area contributed by atoms with Gasteiger partial charge in [-0.3, -0.25) is 9.52 Å². The maximum absolute atomic E-state index is 13.7. The lowest BCUT2D eigenvalue weighted by molar-refractivity contribution is -0.132. The molecule has 0 unspecified atom stereocenters. The van der Waals surface area contributed by atoms with Gasteiger partial charge in [-0.25, -0.2) is 23.1 Å². The Morgan fingerprint density at radius 3 is 2.53 bits per heavy atom. The monoisotopic (exact) mass is 594 g/mol. The van der Waals surface area contributed by atoms with Gasteiger partial charge in [0.25, 0.3) is 10.0 Å². The Labute approximate surface area is 251 Å². The minimum atomic E-state index is -3.78. The first-order chi connectivity index (χ1) is 20.9. The van der Waals surface area contributed by atoms with Crippen molar-refractivity contribution < 1.29 is 13.2 Å². The molecule has 10 heteroatoms. The predicted octanol–water partition coefficient (Wildman–Crippen LogP) is 5.62. The largest absolute Gasteiger partial charge is 0.338 e. The number of anilines is 1. The fourth-order valence-corrected chi connectivity index (χ4v) is 6.84. The zero-order chi connectivity index (χ0) is 29.8. The van der Waals surface area contributed by atoms with E-state index in [1.54, 1.807) is 30.3 Å². The summed E-state index contributed by atoms with van der Waals surface area (Å²) < 4.78 is 29.9. The van der Waals surface area contributed by atoms with Gasteiger partial charge in [-0.1, -0.05) is 73.5 Å². The summed E-state index contributed by atoms with van der Waals surface area (Å²) >= 11 is 0. The number of pyridine rings is 1. The van der Waals surface area contributed by atoms with Crippen molar-refractivity contribution in [3.63, 3.8) is 0 Å². The lowest BCUT2D eigenvalue weighted by atomic mass is 10.0. The van der Waals surface area contributed by atoms with Crippen molar-refractivity contribution in [2.24, 2.45) is 0 Å². The molecule has 0 aliphatic heterocycles. The van der Waals surface area contributed by atoms with E-state index >= 15 is 0 Å². The van der Waals surface area contributed by atoms with Gasteiger partial charge in [0.1, 0.15) is 11.6 Å². The van der Waals surface area contributed by atoms with Crippen LogP contribution < -0.4 is 4.72 Å². The predicted molar refractivity (Wildman–Crippen MR) is 167 cm³/mol. The van der Waals surface area contributed by atoms with E-state index < -0.39 is 10.0 Å². The molecule has 0 radical (unpaired) electrons. The maximum atomic E-state index is 13.7. The number of nitrogens with one attached hydrogen (secondary N) is 1. The van der Waals surface area contributed by atoms with Gasteiger partial charge in [-0.2, -0.15) is 5.10 Å². The highest BCUT2D eigenvalue weighted by molar-refractivity contribution is 7.92. The molecule has 9 nitrogen and oxygen atoms in total. The second kappa shape index (κ2) is 12.3. The van der Waals surface area contributed by atoms with Crippen LogP contribution in [0, 0.1) is 6.92 Å². The number of nitrogens with zero attached hydrogens (tertiary/aromatic N) is 5. The third kappa shape index (κ3) is 6.44. The highest BCUT2D eigenvalue weighted by atomic mass is 32.2. The Balaban J connectivity index is 1.18. The van der Waals surface area contributed by atoms with Gasteiger partial charge in [0, 0.05) is 24.3 Å². The number of rotatable bonds is 10. The van der Waals surface area contributed by atoms with Gasteiger partial charge in [0.15, 0.2) is 5.82 Å². The Morgan fingerprint density at radius 2 is 1.72 bits per heavy atom. The van der Waals surface area contributed by atoms with Crippen molar-refractivity contribution in [3.8, 4) is 11.4 Å². The standard InChI is InChI=1S/C33H34N6O3S/c1-24-35-33(27-18-19-34-31(22-27)37-43(41,42)29-15-3-2-4-16-29)36-39(24)21-20-38(28-13-6-7-14-28)32(40)23-26-12-9-11-25-10-5-8-17-30(25)26/h2-5,8-12,15-19,22,28H,6-7,13-14,20-21,23H2,1H3,(H,34,37). The van der Waals surface area contributed by atoms with Crippen LogP contribution in [-0.4, -0.2) is 51.6 Å². The normalized spacial score (nSPS) is 13.8. The number of hydrogen-bond acceptors (Lipinski definition) is 6. The molecule has 1 saturated carbocycles. The molecule has 1 fully saturated rings. The minimum Gasteiger partial charge on any atom is -0.338 e. The molecule has 1 aliphatic rings. The Morgan fingerprint density at radius 1 is 0.977 bits per heavy atom. The summed E-state index contributed by atoms with van der Waals surface area (Å²) in [6.07, 6.45) is 6.18. The number of carbonyl (C=O) groups is 1. The molecule has 1 amide bonds. The molecule has 0 atom stereocenters. The average molecular weight is 595 g/mol. The molecule has 43 heavy (non-hydrogen) atoms. The van der Waals surface area contributed by atoms with Gasteiger partial charge >= 0.3 is 0 Å². The van der Waals surface area contributed by atoms with Crippen LogP contribution in [0.5, 0.6) is 0 Å². The summed E-state index contributed by atoms with van der Waals surface area (Å²) in [4.78, 5) is 24.8. The van der Waals surface area contributed by atoms with Gasteiger partial charge in [0.2, 0.25) is 5.91 Å². The van der Waals surface area contributed by atoms with Crippen molar-refractivity contribution in [1.29, 1.82) is 0 Å². The Bertz CT molecular complexity index is 1840. The summed E-state index contributed by atoms with van der Waals surface area (Å²) in [5.41, 5.74) is 1.68. The first kappa shape index (κ1) is 28.5. The summed E-state index contributed by atoms with van der Waals surface area (Å²) in [5, 5.41) is 6.97. The van der Waals surface area contributed by atoms with E-state index in [9.17, 15) is 13.2 Å². The molecule has 1 N–H and O–H groups in total. The van der Waals surface area contributed by atoms with Crippen LogP contribution in [0.4, 0.5) is 5.82 Å². The number of benzene rings is 3. The number of fused-ring (bicyclic) bond motifs is 1. The SMILES string of the molecule is Cc1nc(-c2ccnc(NS(=O)(=O)c3ccccc3)c2)nn1CCN(C(=O)Cc1cccc2ccccc12)C1CCCC1. The number of amides is 1. The molecule has 3 aromatic carbocycles. The highest BCUT2D eigenvalue weighted by Crippen LogP contribution is 2.26. The molecule has 220 valence electrons. The molecule has 6 rings (SSSR count). The third-order valence-electron chi connectivity index (χ3n) is 8.03. The first-order valence-corrected chi connectivity index (χ1v) is 16.1. The molecule has 0 saturated heterocycles. The van der Waals surface area contributed by atoms with E-state index in [0.717, 1.165) is 42.0 Å². The zero-order valence-corrected chi connectivity index (χ0v) is 24.9. The molecule has 1 aliphatic carbocycles. The number of aryl methyl sites for hydroxylation is 1. The topological polar surface area (TPSA) is 110 Å². The summed E-state index contributed by atoms with van der Waals surface area (Å²) in [6.45, 7) is 2.93. The first-order valence-electron chi connectivity index (χ1n) is 14.6. The van der Waals surface area contributed by atoms with E-state index in [1.807, 2.05) is 40.8 Å². The zero-order valence-electron chi connectivity index (χ0n) is 24.1. The van der Waals surface area contributed by atoms with E-state index in [0.29, 0.717) is 36.7 Å². The van der Waals surface area contributed by atoms with Gasteiger partial charge in [0.05, 0.1) is 17.9 Å². The van der Waals surface area contributed by atoms with Crippen LogP contribution in [0.3, 0.4) is 0 Å². The van der Waals surface area contributed by atoms with Crippen molar-refractivity contribution >= 4 is 32.5 Å². The van der Waals surface area contributed by atoms with E-state index in [2.05, 4.69) is 32.9 Å². The molecule has 2 heterocycles. The third-order valence-corrected chi connectivity index (χ3v) is 9.40. The molecule has 2 aromatic heterocycles. The van der Waals surface area contributed by atoms with Gasteiger partial charge in [-0.05, 0) is 60.4 Å². The fourth-order valence-electron chi connectivity index (χ4n) is 5.82. The maximum Gasteiger partial charge on any atom is 0.263 e. The van der Waals surface area contributed by atoms with Crippen LogP contribution in [-0.2, 0) is 27.8 Å². The highest BCUT2D eigenvalue weighted by Gasteiger charge is 2.27. The molecule has 5 aromatic rings. The van der Waals surface area contributed by atoms with E-state index in [1.165, 1.54) is 18.3 Å². The lowest BCUT2D eigenvalue weighted by Crippen LogP contribution is -2.42. The van der Waals surface area contributed by atoms with E-state index in [4.69, 9.17) is 5.10 Å². The quantitative estimate of drug-likeness (QED) is 0.225. The van der Waals surface area contributed by atoms with Crippen LogP contribution in [0.1, 0.15) is 37.1 Å². The average Bonchev–Trinajstić information content (AvgIpc) is 3.68. The van der Waals surface area contributed by atoms with E-state index in [-0.39, 0.29) is 22.7 Å². The molecule has 0 spiro atoms. The van der Waals surface area contributed by atoms with Crippen molar-refractivity contribution in [2.75, 3.05) is 11.3 Å². The van der Waals surface area contributed by atoms with Crippen molar-refractivity contribution in [2.45, 2.75) is 56.5 Å². The second-order valence-electron chi connectivity index (χ2n) is 10.9. The summed E-state index contributed by atoms with van der Waals surface area (Å²) in [5.74, 6) is 1.49. The number of carbonyl (C=O) groups excluding carboxylic acids is 1. The van der Waals surface area contributed by atoms with Crippen LogP contribution in [0.2, 0.25) is 0 Å². The van der Waals surface area contributed by atoms with Crippen molar-refractivity contribution in [1.82, 2.24) is 24.6 Å². The molecule has 0 bridgehead atoms. The van der Waals surface area contributed by atoms with Gasteiger partial charge < -0.3 is 4.90 Å². The lowest BCUT2D eigenvalue weighted by Gasteiger charge is -2.29. The van der Waals surface area contributed by atoms with Crippen LogP contribution in [0.15, 0.2) is 96.0 Å². The Kier molecular flexibility index (Phi) is 8.20.